The molecule has 1 N–H and O–H groups in total. The van der Waals surface area contributed by atoms with Crippen molar-refractivity contribution in [2.75, 3.05) is 20.2 Å². The van der Waals surface area contributed by atoms with Gasteiger partial charge in [-0.3, -0.25) is 4.79 Å². The lowest BCUT2D eigenvalue weighted by atomic mass is 9.86. The van der Waals surface area contributed by atoms with Crippen molar-refractivity contribution in [3.05, 3.63) is 69.7 Å². The van der Waals surface area contributed by atoms with Gasteiger partial charge >= 0.3 is 5.97 Å². The minimum Gasteiger partial charge on any atom is -0.490 e. The van der Waals surface area contributed by atoms with Crippen molar-refractivity contribution in [1.29, 1.82) is 0 Å². The van der Waals surface area contributed by atoms with Gasteiger partial charge in [-0.15, -0.1) is 0 Å². The van der Waals surface area contributed by atoms with E-state index in [0.29, 0.717) is 58.6 Å². The molecule has 2 aromatic heterocycles. The molecule has 0 saturated heterocycles. The molecule has 44 heavy (non-hydrogen) atoms. The normalized spacial score (nSPS) is 15.6. The highest BCUT2D eigenvalue weighted by Crippen LogP contribution is 2.45. The van der Waals surface area contributed by atoms with Crippen LogP contribution in [0.25, 0.3) is 33.4 Å². The van der Waals surface area contributed by atoms with Gasteiger partial charge in [-0.25, -0.2) is 14.2 Å². The molecule has 2 aliphatic heterocycles. The van der Waals surface area contributed by atoms with Crippen LogP contribution in [0.5, 0.6) is 5.75 Å². The molecule has 0 saturated carbocycles. The summed E-state index contributed by atoms with van der Waals surface area (Å²) in [4.78, 5) is 32.2. The zero-order valence-corrected chi connectivity index (χ0v) is 26.3. The second-order valence-electron chi connectivity index (χ2n) is 12.9. The number of hydrogen-bond acceptors (Lipinski definition) is 5. The van der Waals surface area contributed by atoms with Crippen LogP contribution in [-0.2, 0) is 29.4 Å². The summed E-state index contributed by atoms with van der Waals surface area (Å²) in [5.74, 6) is -1.35. The lowest BCUT2D eigenvalue weighted by Gasteiger charge is -2.29. The van der Waals surface area contributed by atoms with E-state index in [-0.39, 0.29) is 11.7 Å². The van der Waals surface area contributed by atoms with E-state index in [1.54, 1.807) is 11.8 Å². The van der Waals surface area contributed by atoms with E-state index < -0.39 is 23.5 Å². The largest absolute Gasteiger partial charge is 0.490 e. The molecule has 6 rings (SSSR count). The Hall–Kier alpha value is -4.24. The monoisotopic (exact) mass is 599 g/mol. The number of benzene rings is 2. The topological polar surface area (TPSA) is 93.9 Å². The molecule has 8 nitrogen and oxygen atoms in total. The third-order valence-electron chi connectivity index (χ3n) is 8.76. The summed E-state index contributed by atoms with van der Waals surface area (Å²) in [6, 6.07) is 9.29. The first-order valence-corrected chi connectivity index (χ1v) is 15.0. The summed E-state index contributed by atoms with van der Waals surface area (Å²) in [5, 5.41) is 11.2. The molecule has 1 atom stereocenters. The van der Waals surface area contributed by atoms with Gasteiger partial charge in [-0.05, 0) is 100 Å². The average molecular weight is 600 g/mol. The van der Waals surface area contributed by atoms with Crippen molar-refractivity contribution in [3.63, 3.8) is 0 Å². The molecule has 230 valence electrons. The SMILES string of the molecule is Cc1nc2c(cc(-c3ccc4c(c3)CCN(C)C4=O)n2C)c(-c2cc(F)c3c(c2C)CCCO3)c1[C@H](OC(C)(C)C)C(=O)O. The fourth-order valence-electron chi connectivity index (χ4n) is 6.61. The highest BCUT2D eigenvalue weighted by Gasteiger charge is 2.34. The summed E-state index contributed by atoms with van der Waals surface area (Å²) in [5.41, 5.74) is 7.02. The van der Waals surface area contributed by atoms with Gasteiger partial charge < -0.3 is 24.0 Å². The molecule has 0 aliphatic carbocycles. The fourth-order valence-corrected chi connectivity index (χ4v) is 6.61. The molecule has 0 spiro atoms. The smallest absolute Gasteiger partial charge is 0.337 e. The van der Waals surface area contributed by atoms with Crippen molar-refractivity contribution >= 4 is 22.9 Å². The van der Waals surface area contributed by atoms with Crippen LogP contribution < -0.4 is 4.74 Å². The first-order chi connectivity index (χ1) is 20.8. The fraction of sp³-hybridized carbons (Fsp3) is 0.400. The van der Waals surface area contributed by atoms with Gasteiger partial charge in [-0.2, -0.15) is 0 Å². The van der Waals surface area contributed by atoms with E-state index in [1.807, 2.05) is 70.6 Å². The summed E-state index contributed by atoms with van der Waals surface area (Å²) < 4.78 is 29.6. The quantitative estimate of drug-likeness (QED) is 0.279. The van der Waals surface area contributed by atoms with Crippen molar-refractivity contribution < 1.29 is 28.6 Å². The van der Waals surface area contributed by atoms with Crippen LogP contribution >= 0.6 is 0 Å². The number of carboxylic acids is 1. The highest BCUT2D eigenvalue weighted by atomic mass is 19.1. The second-order valence-corrected chi connectivity index (χ2v) is 12.9. The van der Waals surface area contributed by atoms with E-state index >= 15 is 4.39 Å². The van der Waals surface area contributed by atoms with Crippen LogP contribution in [-0.4, -0.2) is 57.2 Å². The number of halogens is 1. The van der Waals surface area contributed by atoms with Gasteiger partial charge in [0.2, 0.25) is 0 Å². The van der Waals surface area contributed by atoms with Gasteiger partial charge in [0, 0.05) is 54.0 Å². The number of amides is 1. The summed E-state index contributed by atoms with van der Waals surface area (Å²) in [6.07, 6.45) is 0.846. The molecular weight excluding hydrogens is 561 g/mol. The van der Waals surface area contributed by atoms with Crippen molar-refractivity contribution in [3.8, 4) is 28.1 Å². The standard InChI is InChI=1S/C35H38FN3O5/c1-18-22-9-8-14-43-30(22)26(36)16-24(18)29-25-17-27(21-10-11-23-20(15-21)12-13-38(6)33(23)40)39(7)32(25)37-19(2)28(29)31(34(41)42)44-35(3,4)5/h10-11,15-17,31H,8-9,12-14H2,1-7H3,(H,41,42)/t31-/m0/s1. The maximum Gasteiger partial charge on any atom is 0.337 e. The van der Waals surface area contributed by atoms with E-state index in [0.717, 1.165) is 40.8 Å². The first-order valence-electron chi connectivity index (χ1n) is 15.0. The predicted octanol–water partition coefficient (Wildman–Crippen LogP) is 6.56. The zero-order chi connectivity index (χ0) is 31.7. The van der Waals surface area contributed by atoms with Crippen LogP contribution in [0.4, 0.5) is 4.39 Å². The third-order valence-corrected chi connectivity index (χ3v) is 8.76. The van der Waals surface area contributed by atoms with Crippen molar-refractivity contribution in [2.45, 2.75) is 65.6 Å². The number of likely N-dealkylation sites (N-methyl/N-ethyl adjacent to an activating group) is 1. The number of aliphatic carboxylic acids is 1. The van der Waals surface area contributed by atoms with Gasteiger partial charge in [0.05, 0.1) is 17.9 Å². The molecule has 2 aromatic carbocycles. The number of aryl methyl sites for hydroxylation is 2. The predicted molar refractivity (Wildman–Crippen MR) is 167 cm³/mol. The van der Waals surface area contributed by atoms with E-state index in [4.69, 9.17) is 14.5 Å². The van der Waals surface area contributed by atoms with E-state index in [9.17, 15) is 14.7 Å². The molecule has 0 bridgehead atoms. The Bertz CT molecular complexity index is 1850. The van der Waals surface area contributed by atoms with Crippen LogP contribution in [0.3, 0.4) is 0 Å². The first kappa shape index (κ1) is 29.8. The lowest BCUT2D eigenvalue weighted by Crippen LogP contribution is -2.34. The number of rotatable bonds is 5. The lowest BCUT2D eigenvalue weighted by molar-refractivity contribution is -0.160. The van der Waals surface area contributed by atoms with Crippen LogP contribution in [0, 0.1) is 19.7 Å². The maximum absolute atomic E-state index is 15.7. The summed E-state index contributed by atoms with van der Waals surface area (Å²) >= 11 is 0. The Morgan fingerprint density at radius 2 is 1.86 bits per heavy atom. The summed E-state index contributed by atoms with van der Waals surface area (Å²) in [7, 11) is 3.72. The number of nitrogens with zero attached hydrogens (tertiary/aromatic N) is 3. The van der Waals surface area contributed by atoms with Gasteiger partial charge in [0.1, 0.15) is 5.65 Å². The third kappa shape index (κ3) is 4.93. The summed E-state index contributed by atoms with van der Waals surface area (Å²) in [6.45, 7) is 10.3. The molecule has 0 fully saturated rings. The Morgan fingerprint density at radius 3 is 2.57 bits per heavy atom. The second kappa shape index (κ2) is 10.7. The number of aromatic nitrogens is 2. The molecule has 0 unspecified atom stereocenters. The minimum absolute atomic E-state index is 0.00603. The van der Waals surface area contributed by atoms with Crippen molar-refractivity contribution in [2.24, 2.45) is 7.05 Å². The number of carbonyl (C=O) groups is 2. The molecule has 4 heterocycles. The van der Waals surface area contributed by atoms with E-state index in [2.05, 4.69) is 0 Å². The maximum atomic E-state index is 15.7. The number of pyridine rings is 1. The Balaban J connectivity index is 1.66. The Morgan fingerprint density at radius 1 is 1.11 bits per heavy atom. The van der Waals surface area contributed by atoms with Gasteiger partial charge in [0.25, 0.3) is 5.91 Å². The molecule has 4 aromatic rings. The van der Waals surface area contributed by atoms with Gasteiger partial charge in [0.15, 0.2) is 17.7 Å². The minimum atomic E-state index is -1.34. The number of hydrogen-bond donors (Lipinski definition) is 1. The average Bonchev–Trinajstić information content (AvgIpc) is 3.30. The van der Waals surface area contributed by atoms with Crippen LogP contribution in [0.2, 0.25) is 0 Å². The van der Waals surface area contributed by atoms with Gasteiger partial charge in [-0.1, -0.05) is 6.07 Å². The zero-order valence-electron chi connectivity index (χ0n) is 26.3. The molecule has 2 aliphatic rings. The molecule has 1 amide bonds. The molecule has 0 radical (unpaired) electrons. The van der Waals surface area contributed by atoms with Crippen molar-refractivity contribution in [1.82, 2.24) is 14.5 Å². The number of ether oxygens (including phenoxy) is 2. The molecule has 9 heteroatoms. The highest BCUT2D eigenvalue weighted by molar-refractivity contribution is 6.02. The molecular formula is C35H38FN3O5. The van der Waals surface area contributed by atoms with Crippen LogP contribution in [0.15, 0.2) is 30.3 Å². The number of fused-ring (bicyclic) bond motifs is 3. The Kier molecular flexibility index (Phi) is 7.27. The number of carboxylic acid groups (broad SMARTS) is 1. The Labute approximate surface area is 256 Å². The van der Waals surface area contributed by atoms with Crippen LogP contribution in [0.1, 0.15) is 71.6 Å². The van der Waals surface area contributed by atoms with E-state index in [1.165, 1.54) is 6.07 Å². The number of carbonyl (C=O) groups excluding carboxylic acids is 1.